The number of carbonyl (C=O) groups is 3. The standard InChI is InChI=1S/C23H33N3O4/c27-21(9-8-17-10-12-24-13-11-17)26-14-4-7-19(16-26)22(28)25-15-20(23(29)30)18-5-2-1-3-6-18/h1-3,5-6,17,19-20,24H,4,7-16H2,(H,25,28)(H,29,30)/t19?,20-/m1/s1. The topological polar surface area (TPSA) is 98.7 Å². The van der Waals surface area contributed by atoms with E-state index >= 15 is 0 Å². The summed E-state index contributed by atoms with van der Waals surface area (Å²) < 4.78 is 0. The summed E-state index contributed by atoms with van der Waals surface area (Å²) in [6.07, 6.45) is 5.26. The average Bonchev–Trinajstić information content (AvgIpc) is 2.78. The Kier molecular flexibility index (Phi) is 8.25. The van der Waals surface area contributed by atoms with Crippen molar-refractivity contribution in [2.45, 2.75) is 44.4 Å². The normalized spacial score (nSPS) is 21.1. The molecule has 2 heterocycles. The van der Waals surface area contributed by atoms with Gasteiger partial charge < -0.3 is 20.6 Å². The molecule has 2 saturated heterocycles. The summed E-state index contributed by atoms with van der Waals surface area (Å²) in [6, 6.07) is 8.94. The van der Waals surface area contributed by atoms with Crippen molar-refractivity contribution in [3.8, 4) is 0 Å². The van der Waals surface area contributed by atoms with Gasteiger partial charge >= 0.3 is 5.97 Å². The maximum Gasteiger partial charge on any atom is 0.312 e. The maximum atomic E-state index is 12.7. The van der Waals surface area contributed by atoms with E-state index in [0.717, 1.165) is 45.2 Å². The van der Waals surface area contributed by atoms with Crippen LogP contribution >= 0.6 is 0 Å². The SMILES string of the molecule is O=C(NC[C@@H](C(=O)O)c1ccccc1)C1CCCN(C(=O)CCC2CCNCC2)C1. The van der Waals surface area contributed by atoms with E-state index in [4.69, 9.17) is 0 Å². The number of hydrogen-bond donors (Lipinski definition) is 3. The van der Waals surface area contributed by atoms with Crippen LogP contribution in [0.25, 0.3) is 0 Å². The number of piperidine rings is 2. The Morgan fingerprint density at radius 1 is 1.13 bits per heavy atom. The van der Waals surface area contributed by atoms with E-state index in [2.05, 4.69) is 10.6 Å². The lowest BCUT2D eigenvalue weighted by atomic mass is 9.92. The van der Waals surface area contributed by atoms with Gasteiger partial charge in [-0.3, -0.25) is 14.4 Å². The highest BCUT2D eigenvalue weighted by Crippen LogP contribution is 2.22. The first-order valence-electron chi connectivity index (χ1n) is 11.1. The van der Waals surface area contributed by atoms with E-state index in [9.17, 15) is 19.5 Å². The van der Waals surface area contributed by atoms with E-state index in [0.29, 0.717) is 31.0 Å². The molecule has 3 N–H and O–H groups in total. The van der Waals surface area contributed by atoms with Crippen LogP contribution < -0.4 is 10.6 Å². The molecule has 2 atom stereocenters. The number of nitrogens with one attached hydrogen (secondary N) is 2. The number of carboxylic acids is 1. The predicted octanol–water partition coefficient (Wildman–Crippen LogP) is 1.99. The molecule has 0 aliphatic carbocycles. The smallest absolute Gasteiger partial charge is 0.312 e. The van der Waals surface area contributed by atoms with E-state index in [1.54, 1.807) is 24.3 Å². The number of carboxylic acid groups (broad SMARTS) is 1. The van der Waals surface area contributed by atoms with E-state index in [1.807, 2.05) is 11.0 Å². The summed E-state index contributed by atoms with van der Waals surface area (Å²) in [5, 5.41) is 15.7. The van der Waals surface area contributed by atoms with Gasteiger partial charge in [-0.15, -0.1) is 0 Å². The summed E-state index contributed by atoms with van der Waals surface area (Å²) in [5.41, 5.74) is 0.670. The van der Waals surface area contributed by atoms with Gasteiger partial charge in [0.2, 0.25) is 11.8 Å². The first-order chi connectivity index (χ1) is 14.5. The van der Waals surface area contributed by atoms with Crippen LogP contribution in [0.1, 0.15) is 50.0 Å². The minimum absolute atomic E-state index is 0.0539. The third-order valence-corrected chi connectivity index (χ3v) is 6.35. The van der Waals surface area contributed by atoms with Crippen LogP contribution in [0.3, 0.4) is 0 Å². The van der Waals surface area contributed by atoms with Crippen LogP contribution in [-0.2, 0) is 14.4 Å². The van der Waals surface area contributed by atoms with Crippen molar-refractivity contribution < 1.29 is 19.5 Å². The number of rotatable bonds is 8. The van der Waals surface area contributed by atoms with Crippen molar-refractivity contribution >= 4 is 17.8 Å². The lowest BCUT2D eigenvalue weighted by molar-refractivity contribution is -0.138. The number of nitrogens with zero attached hydrogens (tertiary/aromatic N) is 1. The fourth-order valence-electron chi connectivity index (χ4n) is 4.45. The molecule has 2 fully saturated rings. The molecule has 1 aromatic carbocycles. The van der Waals surface area contributed by atoms with Crippen molar-refractivity contribution in [2.24, 2.45) is 11.8 Å². The second kappa shape index (κ2) is 11.1. The molecule has 30 heavy (non-hydrogen) atoms. The number of amides is 2. The molecule has 0 saturated carbocycles. The van der Waals surface area contributed by atoms with E-state index in [1.165, 1.54) is 0 Å². The van der Waals surface area contributed by atoms with Crippen LogP contribution in [0.2, 0.25) is 0 Å². The predicted molar refractivity (Wildman–Crippen MR) is 114 cm³/mol. The second-order valence-corrected chi connectivity index (χ2v) is 8.46. The molecule has 0 bridgehead atoms. The number of hydrogen-bond acceptors (Lipinski definition) is 4. The molecular weight excluding hydrogens is 382 g/mol. The monoisotopic (exact) mass is 415 g/mol. The number of benzene rings is 1. The second-order valence-electron chi connectivity index (χ2n) is 8.46. The molecule has 2 aliphatic heterocycles. The molecule has 1 aromatic rings. The van der Waals surface area contributed by atoms with Crippen LogP contribution in [0.5, 0.6) is 0 Å². The van der Waals surface area contributed by atoms with Gasteiger partial charge in [0, 0.05) is 26.1 Å². The maximum absolute atomic E-state index is 12.7. The molecule has 7 heteroatoms. The van der Waals surface area contributed by atoms with Crippen LogP contribution in [0.15, 0.2) is 30.3 Å². The fourth-order valence-corrected chi connectivity index (χ4v) is 4.45. The van der Waals surface area contributed by atoms with Gasteiger partial charge in [0.05, 0.1) is 11.8 Å². The lowest BCUT2D eigenvalue weighted by Gasteiger charge is -2.33. The third kappa shape index (κ3) is 6.29. The highest BCUT2D eigenvalue weighted by atomic mass is 16.4. The minimum Gasteiger partial charge on any atom is -0.481 e. The Hall–Kier alpha value is -2.41. The van der Waals surface area contributed by atoms with E-state index in [-0.39, 0.29) is 24.3 Å². The summed E-state index contributed by atoms with van der Waals surface area (Å²) >= 11 is 0. The Bertz CT molecular complexity index is 718. The van der Waals surface area contributed by atoms with Crippen LogP contribution in [0, 0.1) is 11.8 Å². The molecule has 3 rings (SSSR count). The first-order valence-corrected chi connectivity index (χ1v) is 11.1. The molecule has 7 nitrogen and oxygen atoms in total. The van der Waals surface area contributed by atoms with E-state index < -0.39 is 11.9 Å². The number of aliphatic carboxylic acids is 1. The van der Waals surface area contributed by atoms with Gasteiger partial charge in [0.15, 0.2) is 0 Å². The quantitative estimate of drug-likeness (QED) is 0.603. The Morgan fingerprint density at radius 2 is 1.87 bits per heavy atom. The molecule has 164 valence electrons. The number of carbonyl (C=O) groups excluding carboxylic acids is 2. The summed E-state index contributed by atoms with van der Waals surface area (Å²) in [5.74, 6) is -1.41. The van der Waals surface area contributed by atoms with Gasteiger partial charge in [-0.05, 0) is 56.7 Å². The third-order valence-electron chi connectivity index (χ3n) is 6.35. The largest absolute Gasteiger partial charge is 0.481 e. The Balaban J connectivity index is 1.47. The first kappa shape index (κ1) is 22.3. The zero-order chi connectivity index (χ0) is 21.3. The van der Waals surface area contributed by atoms with Gasteiger partial charge in [0.25, 0.3) is 0 Å². The molecule has 1 unspecified atom stereocenters. The van der Waals surface area contributed by atoms with Gasteiger partial charge in [-0.25, -0.2) is 0 Å². The summed E-state index contributed by atoms with van der Waals surface area (Å²) in [7, 11) is 0. The fraction of sp³-hybridized carbons (Fsp3) is 0.609. The molecular formula is C23H33N3O4. The molecule has 0 aromatic heterocycles. The highest BCUT2D eigenvalue weighted by molar-refractivity contribution is 5.82. The summed E-state index contributed by atoms with van der Waals surface area (Å²) in [4.78, 5) is 38.8. The van der Waals surface area contributed by atoms with Crippen molar-refractivity contribution in [1.29, 1.82) is 0 Å². The highest BCUT2D eigenvalue weighted by Gasteiger charge is 2.30. The molecule has 2 aliphatic rings. The van der Waals surface area contributed by atoms with Crippen molar-refractivity contribution in [2.75, 3.05) is 32.7 Å². The number of likely N-dealkylation sites (tertiary alicyclic amines) is 1. The summed E-state index contributed by atoms with van der Waals surface area (Å²) in [6.45, 7) is 3.26. The zero-order valence-corrected chi connectivity index (χ0v) is 17.5. The van der Waals surface area contributed by atoms with Crippen LogP contribution in [-0.4, -0.2) is 60.5 Å². The minimum atomic E-state index is -0.958. The van der Waals surface area contributed by atoms with Crippen LogP contribution in [0.4, 0.5) is 0 Å². The molecule has 0 spiro atoms. The van der Waals surface area contributed by atoms with Gasteiger partial charge in [0.1, 0.15) is 0 Å². The Morgan fingerprint density at radius 3 is 2.57 bits per heavy atom. The Labute approximate surface area is 178 Å². The average molecular weight is 416 g/mol. The van der Waals surface area contributed by atoms with Gasteiger partial charge in [-0.1, -0.05) is 30.3 Å². The molecule has 0 radical (unpaired) electrons. The van der Waals surface area contributed by atoms with Crippen molar-refractivity contribution in [1.82, 2.24) is 15.5 Å². The van der Waals surface area contributed by atoms with Crippen molar-refractivity contribution in [3.05, 3.63) is 35.9 Å². The van der Waals surface area contributed by atoms with Gasteiger partial charge in [-0.2, -0.15) is 0 Å². The molecule has 2 amide bonds. The zero-order valence-electron chi connectivity index (χ0n) is 17.5. The lowest BCUT2D eigenvalue weighted by Crippen LogP contribution is -2.46. The van der Waals surface area contributed by atoms with Crippen molar-refractivity contribution in [3.63, 3.8) is 0 Å².